The first-order chi connectivity index (χ1) is 5.61. The Morgan fingerprint density at radius 3 is 2.50 bits per heavy atom. The molecule has 0 spiro atoms. The van der Waals surface area contributed by atoms with E-state index in [1.807, 2.05) is 13.8 Å². The fourth-order valence-electron chi connectivity index (χ4n) is 0.659. The predicted octanol–water partition coefficient (Wildman–Crippen LogP) is -0.306. The molecule has 0 aliphatic rings. The first-order valence-electron chi connectivity index (χ1n) is 3.96. The minimum atomic E-state index is -0.161. The zero-order valence-corrected chi connectivity index (χ0v) is 7.79. The summed E-state index contributed by atoms with van der Waals surface area (Å²) in [6.07, 6.45) is 0. The smallest absolute Gasteiger partial charge is 0.223 e. The average Bonchev–Trinajstić information content (AvgIpc) is 2.01. The van der Waals surface area contributed by atoms with E-state index < -0.39 is 0 Å². The molecule has 12 heavy (non-hydrogen) atoms. The molecule has 0 fully saturated rings. The molecule has 0 atom stereocenters. The third-order valence-corrected chi connectivity index (χ3v) is 1.21. The summed E-state index contributed by atoms with van der Waals surface area (Å²) in [5, 5.41) is 3.94. The van der Waals surface area contributed by atoms with Gasteiger partial charge in [0.05, 0.1) is 0 Å². The average molecular weight is 172 g/mol. The Bertz CT molecular complexity index is 178. The summed E-state index contributed by atoms with van der Waals surface area (Å²) < 4.78 is 0. The van der Waals surface area contributed by atoms with E-state index in [1.165, 1.54) is 11.9 Å². The molecule has 0 aromatic carbocycles. The Morgan fingerprint density at radius 1 is 1.58 bits per heavy atom. The largest absolute Gasteiger partial charge is 0.296 e. The first kappa shape index (κ1) is 10.9. The molecule has 1 amide bonds. The second-order valence-electron chi connectivity index (χ2n) is 2.27. The van der Waals surface area contributed by atoms with Gasteiger partial charge in [-0.2, -0.15) is 0 Å². The fourth-order valence-corrected chi connectivity index (χ4v) is 0.659. The minimum absolute atomic E-state index is 0.161. The zero-order valence-electron chi connectivity index (χ0n) is 7.79. The molecule has 0 aliphatic heterocycles. The number of rotatable bonds is 2. The number of carbonyl (C=O) groups is 1. The van der Waals surface area contributed by atoms with Crippen molar-refractivity contribution in [3.63, 3.8) is 0 Å². The highest BCUT2D eigenvalue weighted by molar-refractivity contribution is 5.95. The highest BCUT2D eigenvalue weighted by Gasteiger charge is 2.04. The molecule has 5 heteroatoms. The molecule has 0 rings (SSSR count). The Hall–Kier alpha value is -1.10. The quantitative estimate of drug-likeness (QED) is 0.260. The van der Waals surface area contributed by atoms with Gasteiger partial charge in [0.2, 0.25) is 11.9 Å². The molecule has 0 radical (unpaired) electrons. The van der Waals surface area contributed by atoms with Gasteiger partial charge in [0.15, 0.2) is 0 Å². The summed E-state index contributed by atoms with van der Waals surface area (Å²) in [6, 6.07) is 0. The van der Waals surface area contributed by atoms with Crippen LogP contribution in [0.15, 0.2) is 4.99 Å². The molecule has 0 bridgehead atoms. The fraction of sp³-hybridized carbons (Fsp3) is 0.714. The molecule has 0 unspecified atom stereocenters. The van der Waals surface area contributed by atoms with E-state index in [4.69, 9.17) is 5.84 Å². The van der Waals surface area contributed by atoms with E-state index in [2.05, 4.69) is 10.3 Å². The van der Waals surface area contributed by atoms with Crippen LogP contribution < -0.4 is 11.2 Å². The normalized spacial score (nSPS) is 11.2. The molecule has 0 saturated carbocycles. The van der Waals surface area contributed by atoms with Gasteiger partial charge < -0.3 is 0 Å². The molecule has 0 heterocycles. The van der Waals surface area contributed by atoms with Crippen molar-refractivity contribution in [1.29, 1.82) is 0 Å². The molecule has 0 aromatic heterocycles. The number of hydrogen-bond donors (Lipinski definition) is 2. The van der Waals surface area contributed by atoms with Crippen LogP contribution in [0.1, 0.15) is 20.8 Å². The second-order valence-corrected chi connectivity index (χ2v) is 2.27. The Kier molecular flexibility index (Phi) is 5.03. The number of nitrogens with two attached hydrogens (primary N) is 1. The van der Waals surface area contributed by atoms with Crippen LogP contribution in [0.3, 0.4) is 0 Å². The molecular formula is C7H16N4O. The van der Waals surface area contributed by atoms with Crippen LogP contribution in [-0.4, -0.2) is 30.0 Å². The van der Waals surface area contributed by atoms with Gasteiger partial charge >= 0.3 is 0 Å². The molecule has 0 aromatic rings. The van der Waals surface area contributed by atoms with E-state index in [1.54, 1.807) is 0 Å². The number of carbonyl (C=O) groups excluding carboxylic acids is 1. The monoisotopic (exact) mass is 172 g/mol. The lowest BCUT2D eigenvalue weighted by molar-refractivity contribution is -0.117. The van der Waals surface area contributed by atoms with Crippen molar-refractivity contribution >= 4 is 11.9 Å². The van der Waals surface area contributed by atoms with Gasteiger partial charge in [0.25, 0.3) is 0 Å². The summed E-state index contributed by atoms with van der Waals surface area (Å²) in [6.45, 7) is 6.40. The van der Waals surface area contributed by atoms with E-state index >= 15 is 0 Å². The van der Waals surface area contributed by atoms with Crippen LogP contribution >= 0.6 is 0 Å². The summed E-state index contributed by atoms with van der Waals surface area (Å²) in [4.78, 5) is 14.7. The van der Waals surface area contributed by atoms with Gasteiger partial charge in [-0.15, -0.1) is 0 Å². The van der Waals surface area contributed by atoms with Crippen molar-refractivity contribution in [3.05, 3.63) is 0 Å². The second kappa shape index (κ2) is 5.54. The van der Waals surface area contributed by atoms with Gasteiger partial charge in [-0.3, -0.25) is 20.1 Å². The number of amides is 1. The summed E-state index contributed by atoms with van der Waals surface area (Å²) in [5.41, 5.74) is 0. The number of aliphatic imine (C=N–C) groups is 1. The molecule has 0 saturated heterocycles. The zero-order chi connectivity index (χ0) is 9.56. The van der Waals surface area contributed by atoms with E-state index in [9.17, 15) is 4.79 Å². The number of hydrazine groups is 1. The number of nitrogens with one attached hydrogen (secondary N) is 1. The van der Waals surface area contributed by atoms with Crippen LogP contribution in [0, 0.1) is 0 Å². The third-order valence-electron chi connectivity index (χ3n) is 1.21. The van der Waals surface area contributed by atoms with E-state index in [0.29, 0.717) is 19.0 Å². The maximum Gasteiger partial charge on any atom is 0.223 e. The maximum atomic E-state index is 10.7. The van der Waals surface area contributed by atoms with Crippen molar-refractivity contribution in [1.82, 2.24) is 10.3 Å². The topological polar surface area (TPSA) is 70.7 Å². The van der Waals surface area contributed by atoms with Crippen molar-refractivity contribution in [3.8, 4) is 0 Å². The van der Waals surface area contributed by atoms with Crippen molar-refractivity contribution in [2.24, 2.45) is 10.8 Å². The number of nitrogens with zero attached hydrogens (tertiary/aromatic N) is 2. The summed E-state index contributed by atoms with van der Waals surface area (Å²) in [7, 11) is 0. The summed E-state index contributed by atoms with van der Waals surface area (Å²) in [5.74, 6) is 5.80. The Morgan fingerprint density at radius 2 is 2.17 bits per heavy atom. The van der Waals surface area contributed by atoms with Gasteiger partial charge in [0.1, 0.15) is 0 Å². The Balaban J connectivity index is 4.23. The standard InChI is InChI=1S/C7H16N4O/c1-4-9-7(10-6(3)12)11(8)5-2/h4-5,8H2,1-3H3,(H,9,10,12). The predicted molar refractivity (Wildman–Crippen MR) is 48.4 cm³/mol. The molecular weight excluding hydrogens is 156 g/mol. The SMILES string of the molecule is CCN=C(NC(C)=O)N(N)CC. The maximum absolute atomic E-state index is 10.7. The van der Waals surface area contributed by atoms with Gasteiger partial charge in [-0.1, -0.05) is 0 Å². The van der Waals surface area contributed by atoms with Crippen molar-refractivity contribution in [2.45, 2.75) is 20.8 Å². The third kappa shape index (κ3) is 3.92. The first-order valence-corrected chi connectivity index (χ1v) is 3.96. The van der Waals surface area contributed by atoms with Crippen LogP contribution in [0.5, 0.6) is 0 Å². The van der Waals surface area contributed by atoms with Crippen LogP contribution in [0.2, 0.25) is 0 Å². The highest BCUT2D eigenvalue weighted by Crippen LogP contribution is 1.81. The van der Waals surface area contributed by atoms with Crippen LogP contribution in [0.4, 0.5) is 0 Å². The van der Waals surface area contributed by atoms with Crippen LogP contribution in [0.25, 0.3) is 0 Å². The lowest BCUT2D eigenvalue weighted by Crippen LogP contribution is -2.47. The molecule has 0 aliphatic carbocycles. The van der Waals surface area contributed by atoms with Gasteiger partial charge in [0, 0.05) is 20.0 Å². The van der Waals surface area contributed by atoms with Crippen molar-refractivity contribution < 1.29 is 4.79 Å². The Labute approximate surface area is 72.6 Å². The lowest BCUT2D eigenvalue weighted by atomic mass is 10.6. The van der Waals surface area contributed by atoms with E-state index in [-0.39, 0.29) is 5.91 Å². The molecule has 70 valence electrons. The van der Waals surface area contributed by atoms with Gasteiger partial charge in [-0.25, -0.2) is 5.84 Å². The van der Waals surface area contributed by atoms with Crippen LogP contribution in [-0.2, 0) is 4.79 Å². The molecule has 3 N–H and O–H groups in total. The van der Waals surface area contributed by atoms with Crippen molar-refractivity contribution in [2.75, 3.05) is 13.1 Å². The van der Waals surface area contributed by atoms with Gasteiger partial charge in [-0.05, 0) is 13.8 Å². The highest BCUT2D eigenvalue weighted by atomic mass is 16.1. The number of guanidine groups is 1. The number of hydrogen-bond acceptors (Lipinski definition) is 3. The summed E-state index contributed by atoms with van der Waals surface area (Å²) >= 11 is 0. The molecule has 5 nitrogen and oxygen atoms in total. The lowest BCUT2D eigenvalue weighted by Gasteiger charge is -2.18. The van der Waals surface area contributed by atoms with E-state index in [0.717, 1.165) is 0 Å². The minimum Gasteiger partial charge on any atom is -0.296 e.